The van der Waals surface area contributed by atoms with Crippen molar-refractivity contribution in [1.29, 1.82) is 0 Å². The number of amides is 1. The van der Waals surface area contributed by atoms with Crippen molar-refractivity contribution in [2.75, 3.05) is 26.2 Å². The number of halogens is 1. The number of rotatable bonds is 5. The number of likely N-dealkylation sites (tertiary alicyclic amines) is 1. The van der Waals surface area contributed by atoms with E-state index in [1.165, 1.54) is 21.6 Å². The van der Waals surface area contributed by atoms with Crippen LogP contribution in [0.4, 0.5) is 0 Å². The maximum Gasteiger partial charge on any atom is 0.231 e. The second-order valence-corrected chi connectivity index (χ2v) is 7.98. The Kier molecular flexibility index (Phi) is 6.05. The summed E-state index contributed by atoms with van der Waals surface area (Å²) in [4.78, 5) is 17.4. The van der Waals surface area contributed by atoms with Crippen LogP contribution in [0.3, 0.4) is 0 Å². The molecule has 1 saturated heterocycles. The molecule has 1 aliphatic rings. The zero-order valence-electron chi connectivity index (χ0n) is 12.3. The second-order valence-electron chi connectivity index (χ2n) is 5.44. The molecule has 5 heteroatoms. The van der Waals surface area contributed by atoms with E-state index in [9.17, 15) is 4.79 Å². The third-order valence-corrected chi connectivity index (χ3v) is 5.72. The Morgan fingerprint density at radius 2 is 2.20 bits per heavy atom. The van der Waals surface area contributed by atoms with Crippen molar-refractivity contribution in [3.63, 3.8) is 0 Å². The number of hydrogen-bond acceptors (Lipinski definition) is 2. The molecule has 0 aliphatic carbocycles. The van der Waals surface area contributed by atoms with E-state index in [0.717, 1.165) is 32.6 Å². The Bertz CT molecular complexity index is 445. The number of quaternary nitrogens is 1. The Morgan fingerprint density at radius 3 is 2.80 bits per heavy atom. The van der Waals surface area contributed by atoms with Crippen LogP contribution in [0.2, 0.25) is 0 Å². The average molecular weight is 360 g/mol. The molecule has 1 amide bonds. The van der Waals surface area contributed by atoms with Gasteiger partial charge in [0.1, 0.15) is 6.54 Å². The van der Waals surface area contributed by atoms with E-state index in [4.69, 9.17) is 0 Å². The summed E-state index contributed by atoms with van der Waals surface area (Å²) >= 11 is 5.33. The zero-order chi connectivity index (χ0) is 14.5. The normalized spacial score (nSPS) is 22.8. The summed E-state index contributed by atoms with van der Waals surface area (Å²) in [6.07, 6.45) is 2.23. The number of piperidine rings is 1. The summed E-state index contributed by atoms with van der Waals surface area (Å²) < 4.78 is 1.19. The third-order valence-electron chi connectivity index (χ3n) is 4.10. The molecule has 20 heavy (non-hydrogen) atoms. The van der Waals surface area contributed by atoms with Gasteiger partial charge in [-0.3, -0.25) is 4.79 Å². The smallest absolute Gasteiger partial charge is 0.231 e. The van der Waals surface area contributed by atoms with Crippen molar-refractivity contribution >= 4 is 33.2 Å². The predicted molar refractivity (Wildman–Crippen MR) is 87.1 cm³/mol. The molecule has 0 spiro atoms. The van der Waals surface area contributed by atoms with E-state index in [-0.39, 0.29) is 5.92 Å². The number of hydrogen-bond donors (Lipinski definition) is 1. The minimum Gasteiger partial charge on any atom is -0.343 e. The van der Waals surface area contributed by atoms with Crippen LogP contribution in [0.1, 0.15) is 31.6 Å². The van der Waals surface area contributed by atoms with Crippen molar-refractivity contribution in [2.24, 2.45) is 5.92 Å². The van der Waals surface area contributed by atoms with E-state index >= 15 is 0 Å². The standard InChI is InChI=1S/C15H23BrN2OS/c1-3-18(4-2)15(19)12-6-5-9-17(10-12)11-13-7-8-14(16)20-13/h7-8,12H,3-6,9-11H2,1-2H3/p+1/t12-/m1/s1. The first-order valence-electron chi connectivity index (χ1n) is 7.50. The summed E-state index contributed by atoms with van der Waals surface area (Å²) in [7, 11) is 0. The summed E-state index contributed by atoms with van der Waals surface area (Å²) in [5.41, 5.74) is 0. The van der Waals surface area contributed by atoms with Gasteiger partial charge in [0.15, 0.2) is 0 Å². The van der Waals surface area contributed by atoms with Gasteiger partial charge in [-0.05, 0) is 54.8 Å². The van der Waals surface area contributed by atoms with Crippen molar-refractivity contribution in [2.45, 2.75) is 33.2 Å². The Morgan fingerprint density at radius 1 is 1.45 bits per heavy atom. The van der Waals surface area contributed by atoms with Crippen molar-refractivity contribution in [3.05, 3.63) is 20.8 Å². The summed E-state index contributed by atoms with van der Waals surface area (Å²) in [6.45, 7) is 9.04. The van der Waals surface area contributed by atoms with Crippen LogP contribution in [-0.4, -0.2) is 37.0 Å². The van der Waals surface area contributed by atoms with Crippen LogP contribution in [-0.2, 0) is 11.3 Å². The molecule has 3 nitrogen and oxygen atoms in total. The number of carbonyl (C=O) groups is 1. The first kappa shape index (κ1) is 16.0. The summed E-state index contributed by atoms with van der Waals surface area (Å²) in [5.74, 6) is 0.585. The lowest BCUT2D eigenvalue weighted by Gasteiger charge is -2.32. The molecule has 1 N–H and O–H groups in total. The average Bonchev–Trinajstić information content (AvgIpc) is 2.85. The Hall–Kier alpha value is -0.390. The van der Waals surface area contributed by atoms with Gasteiger partial charge >= 0.3 is 0 Å². The van der Waals surface area contributed by atoms with Crippen LogP contribution in [0.5, 0.6) is 0 Å². The van der Waals surface area contributed by atoms with Crippen LogP contribution in [0, 0.1) is 5.92 Å². The lowest BCUT2D eigenvalue weighted by Crippen LogP contribution is -3.12. The molecular weight excluding hydrogens is 336 g/mol. The van der Waals surface area contributed by atoms with Crippen molar-refractivity contribution in [3.8, 4) is 0 Å². The SMILES string of the molecule is CCN(CC)C(=O)[C@@H]1CCC[NH+](Cc2ccc(Br)s2)C1. The highest BCUT2D eigenvalue weighted by molar-refractivity contribution is 9.11. The highest BCUT2D eigenvalue weighted by Gasteiger charge is 2.30. The maximum absolute atomic E-state index is 12.5. The first-order valence-corrected chi connectivity index (χ1v) is 9.11. The number of carbonyl (C=O) groups excluding carboxylic acids is 1. The van der Waals surface area contributed by atoms with E-state index in [1.54, 1.807) is 16.2 Å². The molecule has 112 valence electrons. The fourth-order valence-electron chi connectivity index (χ4n) is 3.01. The van der Waals surface area contributed by atoms with E-state index in [2.05, 4.69) is 41.9 Å². The molecule has 1 unspecified atom stereocenters. The quantitative estimate of drug-likeness (QED) is 0.855. The molecule has 0 bridgehead atoms. The minimum atomic E-state index is 0.224. The van der Waals surface area contributed by atoms with E-state index < -0.39 is 0 Å². The maximum atomic E-state index is 12.5. The van der Waals surface area contributed by atoms with Gasteiger partial charge in [-0.15, -0.1) is 11.3 Å². The van der Waals surface area contributed by atoms with Gasteiger partial charge in [0.25, 0.3) is 0 Å². The monoisotopic (exact) mass is 359 g/mol. The first-order chi connectivity index (χ1) is 9.63. The topological polar surface area (TPSA) is 24.8 Å². The van der Waals surface area contributed by atoms with Gasteiger partial charge < -0.3 is 9.80 Å². The lowest BCUT2D eigenvalue weighted by molar-refractivity contribution is -0.920. The van der Waals surface area contributed by atoms with Gasteiger partial charge in [-0.2, -0.15) is 0 Å². The highest BCUT2D eigenvalue weighted by atomic mass is 79.9. The lowest BCUT2D eigenvalue weighted by atomic mass is 9.96. The molecule has 2 rings (SSSR count). The Balaban J connectivity index is 1.92. The molecule has 1 aromatic heterocycles. The number of thiophene rings is 1. The fourth-order valence-corrected chi connectivity index (χ4v) is 4.56. The zero-order valence-corrected chi connectivity index (χ0v) is 14.7. The fraction of sp³-hybridized carbons (Fsp3) is 0.667. The van der Waals surface area contributed by atoms with Crippen LogP contribution >= 0.6 is 27.3 Å². The van der Waals surface area contributed by atoms with E-state index in [0.29, 0.717) is 5.91 Å². The summed E-state index contributed by atoms with van der Waals surface area (Å²) in [6, 6.07) is 4.31. The van der Waals surface area contributed by atoms with Gasteiger partial charge in [0.2, 0.25) is 5.91 Å². The molecular formula is C15H24BrN2OS+. The highest BCUT2D eigenvalue weighted by Crippen LogP contribution is 2.21. The van der Waals surface area contributed by atoms with Crippen LogP contribution in [0.15, 0.2) is 15.9 Å². The largest absolute Gasteiger partial charge is 0.343 e. The summed E-state index contributed by atoms with van der Waals surface area (Å²) in [5, 5.41) is 0. The second kappa shape index (κ2) is 7.57. The third kappa shape index (κ3) is 4.06. The van der Waals surface area contributed by atoms with Gasteiger partial charge in [0, 0.05) is 13.1 Å². The molecule has 0 aromatic carbocycles. The van der Waals surface area contributed by atoms with Gasteiger partial charge in [-0.1, -0.05) is 0 Å². The molecule has 2 heterocycles. The minimum absolute atomic E-state index is 0.224. The molecule has 2 atom stereocenters. The molecule has 1 fully saturated rings. The molecule has 1 aliphatic heterocycles. The van der Waals surface area contributed by atoms with Gasteiger partial charge in [0.05, 0.1) is 27.7 Å². The molecule has 1 aromatic rings. The Labute approximate surface area is 134 Å². The van der Waals surface area contributed by atoms with E-state index in [1.807, 2.05) is 4.90 Å². The molecule has 0 saturated carbocycles. The van der Waals surface area contributed by atoms with Crippen molar-refractivity contribution in [1.82, 2.24) is 4.90 Å². The molecule has 0 radical (unpaired) electrons. The number of nitrogens with one attached hydrogen (secondary N) is 1. The van der Waals surface area contributed by atoms with Crippen LogP contribution < -0.4 is 4.90 Å². The van der Waals surface area contributed by atoms with Crippen LogP contribution in [0.25, 0.3) is 0 Å². The van der Waals surface area contributed by atoms with Gasteiger partial charge in [-0.25, -0.2) is 0 Å². The van der Waals surface area contributed by atoms with Crippen molar-refractivity contribution < 1.29 is 9.69 Å². The number of nitrogens with zero attached hydrogens (tertiary/aromatic N) is 1. The predicted octanol–water partition coefficient (Wildman–Crippen LogP) is 2.17.